The second-order valence-electron chi connectivity index (χ2n) is 5.26. The van der Waals surface area contributed by atoms with Crippen molar-refractivity contribution in [1.29, 1.82) is 0 Å². The lowest BCUT2D eigenvalue weighted by Gasteiger charge is -2.28. The fourth-order valence-corrected chi connectivity index (χ4v) is 2.91. The van der Waals surface area contributed by atoms with Crippen LogP contribution in [0.4, 0.5) is 20.7 Å². The van der Waals surface area contributed by atoms with Crippen molar-refractivity contribution in [2.24, 2.45) is 0 Å². The molecule has 1 aliphatic rings. The maximum Gasteiger partial charge on any atom is 0.248 e. The Morgan fingerprint density at radius 3 is 2.55 bits per heavy atom. The van der Waals surface area contributed by atoms with E-state index in [2.05, 4.69) is 29.6 Å². The van der Waals surface area contributed by atoms with Crippen LogP contribution in [0.3, 0.4) is 0 Å². The normalized spacial score (nSPS) is 18.3. The van der Waals surface area contributed by atoms with Crippen molar-refractivity contribution in [1.82, 2.24) is 24.3 Å². The van der Waals surface area contributed by atoms with Gasteiger partial charge in [-0.25, -0.2) is 13.8 Å². The number of hydrogen-bond donors (Lipinski definition) is 2. The molecule has 0 amide bonds. The predicted molar refractivity (Wildman–Crippen MR) is 78.7 cm³/mol. The van der Waals surface area contributed by atoms with E-state index in [9.17, 15) is 8.78 Å². The quantitative estimate of drug-likeness (QED) is 0.891. The van der Waals surface area contributed by atoms with Crippen LogP contribution in [0.5, 0.6) is 0 Å². The molecule has 2 heterocycles. The second-order valence-corrected chi connectivity index (χ2v) is 6.01. The summed E-state index contributed by atoms with van der Waals surface area (Å²) in [4.78, 5) is 16.5. The van der Waals surface area contributed by atoms with Gasteiger partial charge in [-0.1, -0.05) is 0 Å². The lowest BCUT2D eigenvalue weighted by Crippen LogP contribution is -2.32. The van der Waals surface area contributed by atoms with Gasteiger partial charge in [0.15, 0.2) is 10.8 Å². The van der Waals surface area contributed by atoms with Crippen LogP contribution in [0.25, 0.3) is 10.8 Å². The molecular weight excluding hydrogens is 312 g/mol. The Kier molecular flexibility index (Phi) is 3.85. The first-order chi connectivity index (χ1) is 10.4. The summed E-state index contributed by atoms with van der Waals surface area (Å²) in [5.41, 5.74) is 5.69. The predicted octanol–water partition coefficient (Wildman–Crippen LogP) is 2.27. The van der Waals surface area contributed by atoms with Gasteiger partial charge in [-0.2, -0.15) is 19.3 Å². The van der Waals surface area contributed by atoms with Gasteiger partial charge >= 0.3 is 0 Å². The summed E-state index contributed by atoms with van der Waals surface area (Å²) in [7, 11) is 0. The molecule has 0 aromatic carbocycles. The number of nitrogens with two attached hydrogens (primary N) is 1. The van der Waals surface area contributed by atoms with Crippen molar-refractivity contribution in [3.8, 4) is 10.8 Å². The van der Waals surface area contributed by atoms with Gasteiger partial charge in [0.1, 0.15) is 5.82 Å². The summed E-state index contributed by atoms with van der Waals surface area (Å²) in [5.74, 6) is -1.26. The molecular formula is C12H15F2N7S. The van der Waals surface area contributed by atoms with Crippen molar-refractivity contribution in [3.05, 3.63) is 5.82 Å². The van der Waals surface area contributed by atoms with Gasteiger partial charge in [0.05, 0.1) is 0 Å². The van der Waals surface area contributed by atoms with Gasteiger partial charge in [0.2, 0.25) is 17.8 Å². The summed E-state index contributed by atoms with van der Waals surface area (Å²) in [6.45, 7) is 1.77. The minimum absolute atomic E-state index is 0.0569. The van der Waals surface area contributed by atoms with Crippen LogP contribution >= 0.6 is 11.5 Å². The standard InChI is InChI=1S/C12H15F2N7S/c1-6-16-9(22-21-6)8-18-10(15)20-11(19-8)17-7-2-4-12(13,14)5-3-7/h7H,2-5H2,1H3,(H3,15,17,18,19,20). The number of alkyl halides is 2. The van der Waals surface area contributed by atoms with Crippen LogP contribution in [-0.4, -0.2) is 36.3 Å². The molecule has 0 atom stereocenters. The van der Waals surface area contributed by atoms with Crippen molar-refractivity contribution >= 4 is 23.4 Å². The molecule has 0 bridgehead atoms. The number of nitrogens with one attached hydrogen (secondary N) is 1. The van der Waals surface area contributed by atoms with Crippen LogP contribution in [-0.2, 0) is 0 Å². The first-order valence-corrected chi connectivity index (χ1v) is 7.65. The third-order valence-corrected chi connectivity index (χ3v) is 4.22. The molecule has 1 aliphatic carbocycles. The number of halogens is 2. The number of anilines is 2. The van der Waals surface area contributed by atoms with Gasteiger partial charge in [-0.3, -0.25) is 0 Å². The Morgan fingerprint density at radius 2 is 1.91 bits per heavy atom. The van der Waals surface area contributed by atoms with E-state index in [1.807, 2.05) is 0 Å². The topological polar surface area (TPSA) is 102 Å². The highest BCUT2D eigenvalue weighted by atomic mass is 32.1. The molecule has 3 N–H and O–H groups in total. The smallest absolute Gasteiger partial charge is 0.248 e. The lowest BCUT2D eigenvalue weighted by atomic mass is 9.92. The third kappa shape index (κ3) is 3.43. The van der Waals surface area contributed by atoms with Crippen molar-refractivity contribution in [2.75, 3.05) is 11.1 Å². The molecule has 3 rings (SSSR count). The van der Waals surface area contributed by atoms with Gasteiger partial charge in [-0.15, -0.1) is 0 Å². The fourth-order valence-electron chi connectivity index (χ4n) is 2.31. The Hall–Kier alpha value is -1.97. The fraction of sp³-hybridized carbons (Fsp3) is 0.583. The van der Waals surface area contributed by atoms with E-state index in [1.54, 1.807) is 6.92 Å². The van der Waals surface area contributed by atoms with Gasteiger partial charge in [-0.05, 0) is 31.3 Å². The number of hydrogen-bond acceptors (Lipinski definition) is 8. The number of aryl methyl sites for hydroxylation is 1. The Labute approximate surface area is 129 Å². The zero-order valence-corrected chi connectivity index (χ0v) is 12.7. The highest BCUT2D eigenvalue weighted by Gasteiger charge is 2.35. The van der Waals surface area contributed by atoms with E-state index in [0.717, 1.165) is 0 Å². The van der Waals surface area contributed by atoms with Gasteiger partial charge in [0.25, 0.3) is 0 Å². The molecule has 10 heteroatoms. The van der Waals surface area contributed by atoms with Crippen molar-refractivity contribution < 1.29 is 8.78 Å². The first kappa shape index (κ1) is 14.9. The summed E-state index contributed by atoms with van der Waals surface area (Å²) < 4.78 is 30.4. The molecule has 0 saturated heterocycles. The number of rotatable bonds is 3. The van der Waals surface area contributed by atoms with Crippen LogP contribution in [0, 0.1) is 6.92 Å². The van der Waals surface area contributed by atoms with E-state index >= 15 is 0 Å². The zero-order chi connectivity index (χ0) is 15.7. The molecule has 0 radical (unpaired) electrons. The molecule has 7 nitrogen and oxygen atoms in total. The van der Waals surface area contributed by atoms with Crippen LogP contribution in [0.1, 0.15) is 31.5 Å². The third-order valence-electron chi connectivity index (χ3n) is 3.42. The molecule has 2 aromatic rings. The molecule has 0 aliphatic heterocycles. The second kappa shape index (κ2) is 5.67. The minimum atomic E-state index is -2.56. The van der Waals surface area contributed by atoms with E-state index < -0.39 is 5.92 Å². The summed E-state index contributed by atoms with van der Waals surface area (Å²) >= 11 is 1.17. The summed E-state index contributed by atoms with van der Waals surface area (Å²) in [6, 6.07) is -0.0922. The maximum atomic E-state index is 13.2. The molecule has 118 valence electrons. The molecule has 0 spiro atoms. The number of nitrogens with zero attached hydrogens (tertiary/aromatic N) is 5. The summed E-state index contributed by atoms with van der Waals surface area (Å²) in [6.07, 6.45) is 0.471. The average molecular weight is 327 g/mol. The van der Waals surface area contributed by atoms with E-state index in [4.69, 9.17) is 5.73 Å². The zero-order valence-electron chi connectivity index (χ0n) is 11.9. The molecule has 1 saturated carbocycles. The number of aromatic nitrogens is 5. The van der Waals surface area contributed by atoms with Crippen molar-refractivity contribution in [2.45, 2.75) is 44.6 Å². The summed E-state index contributed by atoms with van der Waals surface area (Å²) in [5, 5.41) is 3.60. The molecule has 1 fully saturated rings. The largest absolute Gasteiger partial charge is 0.368 e. The van der Waals surface area contributed by atoms with E-state index in [-0.39, 0.29) is 30.8 Å². The van der Waals surface area contributed by atoms with Gasteiger partial charge < -0.3 is 11.1 Å². The SMILES string of the molecule is Cc1nsc(-c2nc(N)nc(NC3CCC(F)(F)CC3)n2)n1. The number of nitrogen functional groups attached to an aromatic ring is 1. The Balaban J connectivity index is 1.76. The highest BCUT2D eigenvalue weighted by molar-refractivity contribution is 7.09. The van der Waals surface area contributed by atoms with E-state index in [1.165, 1.54) is 11.5 Å². The lowest BCUT2D eigenvalue weighted by molar-refractivity contribution is -0.0361. The minimum Gasteiger partial charge on any atom is -0.368 e. The Morgan fingerprint density at radius 1 is 1.18 bits per heavy atom. The average Bonchev–Trinajstić information content (AvgIpc) is 2.87. The van der Waals surface area contributed by atoms with Crippen molar-refractivity contribution in [3.63, 3.8) is 0 Å². The molecule has 0 unspecified atom stereocenters. The van der Waals surface area contributed by atoms with E-state index in [0.29, 0.717) is 29.5 Å². The molecule has 2 aromatic heterocycles. The van der Waals surface area contributed by atoms with Crippen LogP contribution < -0.4 is 11.1 Å². The first-order valence-electron chi connectivity index (χ1n) is 6.88. The highest BCUT2D eigenvalue weighted by Crippen LogP contribution is 2.34. The molecule has 22 heavy (non-hydrogen) atoms. The van der Waals surface area contributed by atoms with Gasteiger partial charge in [0, 0.05) is 18.9 Å². The monoisotopic (exact) mass is 327 g/mol. The maximum absolute atomic E-state index is 13.2. The van der Waals surface area contributed by atoms with Crippen LogP contribution in [0.15, 0.2) is 0 Å². The van der Waals surface area contributed by atoms with Crippen LogP contribution in [0.2, 0.25) is 0 Å². The Bertz CT molecular complexity index is 665.